The van der Waals surface area contributed by atoms with Crippen LogP contribution in [0, 0.1) is 6.92 Å². The number of rotatable bonds is 7. The second kappa shape index (κ2) is 7.47. The first kappa shape index (κ1) is 16.5. The van der Waals surface area contributed by atoms with Crippen molar-refractivity contribution in [2.45, 2.75) is 52.1 Å². The second-order valence-corrected chi connectivity index (χ2v) is 6.29. The van der Waals surface area contributed by atoms with E-state index in [1.54, 1.807) is 0 Å². The maximum absolute atomic E-state index is 12.1. The number of ether oxygens (including phenoxy) is 1. The molecule has 6 nitrogen and oxygen atoms in total. The van der Waals surface area contributed by atoms with E-state index < -0.39 is 0 Å². The van der Waals surface area contributed by atoms with Gasteiger partial charge in [0.1, 0.15) is 11.6 Å². The van der Waals surface area contributed by atoms with Gasteiger partial charge >= 0.3 is 0 Å². The van der Waals surface area contributed by atoms with Gasteiger partial charge in [0, 0.05) is 19.4 Å². The average Bonchev–Trinajstić information content (AvgIpc) is 3.14. The number of aryl methyl sites for hydroxylation is 2. The molecule has 0 saturated carbocycles. The highest BCUT2D eigenvalue weighted by atomic mass is 16.5. The van der Waals surface area contributed by atoms with Gasteiger partial charge in [0.15, 0.2) is 5.82 Å². The van der Waals surface area contributed by atoms with Crippen LogP contribution in [0.4, 0.5) is 0 Å². The predicted octanol–water partition coefficient (Wildman–Crippen LogP) is 2.57. The van der Waals surface area contributed by atoms with Crippen LogP contribution in [0.3, 0.4) is 0 Å². The summed E-state index contributed by atoms with van der Waals surface area (Å²) in [5, 5.41) is 11.4. The average molecular weight is 328 g/mol. The Labute approximate surface area is 142 Å². The monoisotopic (exact) mass is 328 g/mol. The number of amides is 1. The van der Waals surface area contributed by atoms with E-state index in [1.807, 2.05) is 38.1 Å². The van der Waals surface area contributed by atoms with Crippen LogP contribution in [-0.4, -0.2) is 27.3 Å². The van der Waals surface area contributed by atoms with Gasteiger partial charge in [-0.15, -0.1) is 10.2 Å². The van der Waals surface area contributed by atoms with E-state index in [1.165, 1.54) is 5.56 Å². The third kappa shape index (κ3) is 3.93. The van der Waals surface area contributed by atoms with Crippen LogP contribution >= 0.6 is 0 Å². The maximum Gasteiger partial charge on any atom is 0.220 e. The molecule has 1 aliphatic rings. The molecule has 128 valence electrons. The minimum atomic E-state index is -0.116. The maximum atomic E-state index is 12.1. The molecule has 3 rings (SSSR count). The van der Waals surface area contributed by atoms with Crippen molar-refractivity contribution in [1.29, 1.82) is 0 Å². The Hall–Kier alpha value is -2.37. The van der Waals surface area contributed by atoms with Gasteiger partial charge in [-0.05, 0) is 44.4 Å². The number of hydrogen-bond donors (Lipinski definition) is 1. The van der Waals surface area contributed by atoms with Crippen molar-refractivity contribution in [2.75, 3.05) is 6.61 Å². The molecule has 24 heavy (non-hydrogen) atoms. The summed E-state index contributed by atoms with van der Waals surface area (Å²) in [5.74, 6) is 2.75. The summed E-state index contributed by atoms with van der Waals surface area (Å²) < 4.78 is 7.79. The molecule has 0 spiro atoms. The topological polar surface area (TPSA) is 69.0 Å². The molecule has 6 heteroatoms. The summed E-state index contributed by atoms with van der Waals surface area (Å²) in [7, 11) is 0. The van der Waals surface area contributed by atoms with E-state index in [4.69, 9.17) is 4.74 Å². The molecule has 0 bridgehead atoms. The zero-order valence-electron chi connectivity index (χ0n) is 14.3. The smallest absolute Gasteiger partial charge is 0.220 e. The zero-order valence-corrected chi connectivity index (χ0v) is 14.3. The molecule has 0 unspecified atom stereocenters. The van der Waals surface area contributed by atoms with Crippen LogP contribution in [0.1, 0.15) is 49.4 Å². The third-order valence-corrected chi connectivity index (χ3v) is 4.21. The van der Waals surface area contributed by atoms with Gasteiger partial charge in [-0.3, -0.25) is 4.79 Å². The second-order valence-electron chi connectivity index (χ2n) is 6.29. The van der Waals surface area contributed by atoms with Crippen LogP contribution < -0.4 is 10.1 Å². The number of carbonyl (C=O) groups is 1. The largest absolute Gasteiger partial charge is 0.494 e. The fourth-order valence-corrected chi connectivity index (χ4v) is 3.00. The normalized spacial score (nSPS) is 14.2. The lowest BCUT2D eigenvalue weighted by Crippen LogP contribution is -2.28. The summed E-state index contributed by atoms with van der Waals surface area (Å²) in [4.78, 5) is 12.1. The number of nitrogens with one attached hydrogen (secondary N) is 1. The van der Waals surface area contributed by atoms with E-state index in [0.29, 0.717) is 19.4 Å². The molecule has 1 aromatic heterocycles. The van der Waals surface area contributed by atoms with Gasteiger partial charge < -0.3 is 14.6 Å². The number of carbonyl (C=O) groups excluding carboxylic acids is 1. The Bertz CT molecular complexity index is 711. The van der Waals surface area contributed by atoms with Crippen LogP contribution in [0.25, 0.3) is 0 Å². The Kier molecular flexibility index (Phi) is 5.13. The van der Waals surface area contributed by atoms with Crippen molar-refractivity contribution >= 4 is 5.91 Å². The van der Waals surface area contributed by atoms with E-state index in [-0.39, 0.29) is 11.9 Å². The summed E-state index contributed by atoms with van der Waals surface area (Å²) in [5.41, 5.74) is 1.17. The minimum absolute atomic E-state index is 0.0192. The van der Waals surface area contributed by atoms with E-state index in [9.17, 15) is 4.79 Å². The van der Waals surface area contributed by atoms with Crippen molar-refractivity contribution in [3.63, 3.8) is 0 Å². The summed E-state index contributed by atoms with van der Waals surface area (Å²) in [6.45, 7) is 5.47. The highest BCUT2D eigenvalue weighted by Crippen LogP contribution is 2.19. The highest BCUT2D eigenvalue weighted by Gasteiger charge is 2.22. The van der Waals surface area contributed by atoms with Crippen molar-refractivity contribution in [3.8, 4) is 5.75 Å². The number of fused-ring (bicyclic) bond motifs is 1. The van der Waals surface area contributed by atoms with Crippen molar-refractivity contribution in [1.82, 2.24) is 20.1 Å². The molecule has 1 N–H and O–H groups in total. The summed E-state index contributed by atoms with van der Waals surface area (Å²) in [6, 6.07) is 7.81. The van der Waals surface area contributed by atoms with E-state index >= 15 is 0 Å². The Morgan fingerprint density at radius 2 is 2.29 bits per heavy atom. The Morgan fingerprint density at radius 3 is 3.12 bits per heavy atom. The molecule has 0 aliphatic carbocycles. The predicted molar refractivity (Wildman–Crippen MR) is 90.8 cm³/mol. The van der Waals surface area contributed by atoms with E-state index in [2.05, 4.69) is 20.1 Å². The zero-order chi connectivity index (χ0) is 16.9. The van der Waals surface area contributed by atoms with E-state index in [0.717, 1.165) is 36.8 Å². The quantitative estimate of drug-likeness (QED) is 0.793. The number of benzene rings is 1. The Morgan fingerprint density at radius 1 is 1.42 bits per heavy atom. The summed E-state index contributed by atoms with van der Waals surface area (Å²) >= 11 is 0. The summed E-state index contributed by atoms with van der Waals surface area (Å²) in [6.07, 6.45) is 3.21. The standard InChI is InChI=1S/C18H24N4O2/c1-13-6-3-7-15(12-13)24-11-5-9-17(23)19-14(2)18-21-20-16-8-4-10-22(16)18/h3,6-7,12,14H,4-5,8-11H2,1-2H3,(H,19,23)/t14-/m0/s1. The lowest BCUT2D eigenvalue weighted by atomic mass is 10.2. The number of hydrogen-bond acceptors (Lipinski definition) is 4. The molecule has 0 fully saturated rings. The van der Waals surface area contributed by atoms with Gasteiger partial charge in [0.05, 0.1) is 12.6 Å². The lowest BCUT2D eigenvalue weighted by Gasteiger charge is -2.14. The van der Waals surface area contributed by atoms with Gasteiger partial charge in [0.2, 0.25) is 5.91 Å². The van der Waals surface area contributed by atoms with Crippen LogP contribution in [0.2, 0.25) is 0 Å². The number of aromatic nitrogens is 3. The molecule has 0 saturated heterocycles. The molecule has 1 atom stereocenters. The van der Waals surface area contributed by atoms with Crippen molar-refractivity contribution < 1.29 is 9.53 Å². The number of nitrogens with zero attached hydrogens (tertiary/aromatic N) is 3. The van der Waals surface area contributed by atoms with Gasteiger partial charge in [-0.25, -0.2) is 0 Å². The minimum Gasteiger partial charge on any atom is -0.494 e. The first-order valence-electron chi connectivity index (χ1n) is 8.54. The first-order chi connectivity index (χ1) is 11.6. The molecule has 1 amide bonds. The molecule has 2 heterocycles. The van der Waals surface area contributed by atoms with Gasteiger partial charge in [-0.2, -0.15) is 0 Å². The molecule has 1 aliphatic heterocycles. The van der Waals surface area contributed by atoms with Crippen LogP contribution in [0.5, 0.6) is 5.75 Å². The molecule has 2 aromatic rings. The molecule has 1 aromatic carbocycles. The molecular formula is C18H24N4O2. The highest BCUT2D eigenvalue weighted by molar-refractivity contribution is 5.76. The Balaban J connectivity index is 1.41. The van der Waals surface area contributed by atoms with Crippen LogP contribution in [-0.2, 0) is 17.8 Å². The van der Waals surface area contributed by atoms with Gasteiger partial charge in [-0.1, -0.05) is 12.1 Å². The lowest BCUT2D eigenvalue weighted by molar-refractivity contribution is -0.122. The fraction of sp³-hybridized carbons (Fsp3) is 0.500. The van der Waals surface area contributed by atoms with Gasteiger partial charge in [0.25, 0.3) is 0 Å². The third-order valence-electron chi connectivity index (χ3n) is 4.21. The molecule has 0 radical (unpaired) electrons. The molecular weight excluding hydrogens is 304 g/mol. The van der Waals surface area contributed by atoms with Crippen molar-refractivity contribution in [2.24, 2.45) is 0 Å². The SMILES string of the molecule is Cc1cccc(OCCCC(=O)N[C@@H](C)c2nnc3n2CCC3)c1. The first-order valence-corrected chi connectivity index (χ1v) is 8.54. The van der Waals surface area contributed by atoms with Crippen molar-refractivity contribution in [3.05, 3.63) is 41.5 Å². The van der Waals surface area contributed by atoms with Crippen LogP contribution in [0.15, 0.2) is 24.3 Å². The fourth-order valence-electron chi connectivity index (χ4n) is 3.00.